The van der Waals surface area contributed by atoms with E-state index in [2.05, 4.69) is 12.2 Å². The second-order valence-electron chi connectivity index (χ2n) is 5.91. The topological polar surface area (TPSA) is 37.3 Å². The summed E-state index contributed by atoms with van der Waals surface area (Å²) in [5.41, 5.74) is 0.0906. The number of hydrogen-bond acceptors (Lipinski definition) is 1. The van der Waals surface area contributed by atoms with Crippen molar-refractivity contribution in [2.45, 2.75) is 58.3 Å². The average molecular weight is 236 g/mol. The molecule has 2 aliphatic carbocycles. The summed E-state index contributed by atoms with van der Waals surface area (Å²) >= 11 is 0. The van der Waals surface area contributed by atoms with Crippen LogP contribution in [0.2, 0.25) is 0 Å². The third-order valence-corrected chi connectivity index (χ3v) is 4.88. The van der Waals surface area contributed by atoms with E-state index in [1.807, 2.05) is 6.92 Å². The molecular formula is C15H24O2. The van der Waals surface area contributed by atoms with Crippen molar-refractivity contribution in [3.8, 4) is 0 Å². The molecule has 0 saturated heterocycles. The first-order valence-corrected chi connectivity index (χ1v) is 7.01. The van der Waals surface area contributed by atoms with Crippen LogP contribution in [-0.4, -0.2) is 11.1 Å². The summed E-state index contributed by atoms with van der Waals surface area (Å²) in [7, 11) is 0. The monoisotopic (exact) mass is 236 g/mol. The van der Waals surface area contributed by atoms with Gasteiger partial charge in [-0.1, -0.05) is 37.8 Å². The molecule has 96 valence electrons. The predicted octanol–water partition coefficient (Wildman–Crippen LogP) is 4.01. The van der Waals surface area contributed by atoms with E-state index in [4.69, 9.17) is 5.11 Å². The Morgan fingerprint density at radius 1 is 1.35 bits per heavy atom. The quantitative estimate of drug-likeness (QED) is 0.749. The van der Waals surface area contributed by atoms with E-state index >= 15 is 0 Å². The number of hydrogen-bond donors (Lipinski definition) is 1. The number of carboxylic acid groups (broad SMARTS) is 1. The van der Waals surface area contributed by atoms with E-state index in [0.717, 1.165) is 18.8 Å². The van der Waals surface area contributed by atoms with Crippen LogP contribution in [0, 0.1) is 17.3 Å². The van der Waals surface area contributed by atoms with Crippen LogP contribution in [-0.2, 0) is 4.79 Å². The molecule has 0 spiro atoms. The minimum absolute atomic E-state index is 0.0906. The molecule has 17 heavy (non-hydrogen) atoms. The molecule has 0 aliphatic heterocycles. The van der Waals surface area contributed by atoms with Gasteiger partial charge in [0.15, 0.2) is 0 Å². The molecule has 0 aromatic rings. The summed E-state index contributed by atoms with van der Waals surface area (Å²) in [6, 6.07) is 0. The van der Waals surface area contributed by atoms with Crippen LogP contribution in [0.4, 0.5) is 0 Å². The number of rotatable bonds is 4. The molecule has 2 aliphatic rings. The number of aliphatic carboxylic acids is 1. The van der Waals surface area contributed by atoms with Crippen molar-refractivity contribution in [2.24, 2.45) is 17.3 Å². The highest BCUT2D eigenvalue weighted by Crippen LogP contribution is 2.60. The van der Waals surface area contributed by atoms with Crippen LogP contribution in [0.15, 0.2) is 12.2 Å². The third kappa shape index (κ3) is 2.56. The molecule has 0 unspecified atom stereocenters. The largest absolute Gasteiger partial charge is 0.481 e. The van der Waals surface area contributed by atoms with E-state index in [0.29, 0.717) is 12.3 Å². The van der Waals surface area contributed by atoms with Gasteiger partial charge in [-0.2, -0.15) is 0 Å². The summed E-state index contributed by atoms with van der Waals surface area (Å²) in [6.07, 6.45) is 13.3. The van der Waals surface area contributed by atoms with E-state index in [1.165, 1.54) is 32.1 Å². The summed E-state index contributed by atoms with van der Waals surface area (Å²) in [5, 5.41) is 9.15. The highest BCUT2D eigenvalue weighted by atomic mass is 16.4. The van der Waals surface area contributed by atoms with Gasteiger partial charge in [-0.05, 0) is 43.4 Å². The van der Waals surface area contributed by atoms with Gasteiger partial charge in [-0.3, -0.25) is 4.79 Å². The first kappa shape index (κ1) is 12.7. The lowest BCUT2D eigenvalue weighted by Crippen LogP contribution is -2.48. The van der Waals surface area contributed by atoms with Gasteiger partial charge in [0, 0.05) is 0 Å². The van der Waals surface area contributed by atoms with Crippen LogP contribution in [0.25, 0.3) is 0 Å². The Bertz CT molecular complexity index is 308. The van der Waals surface area contributed by atoms with Gasteiger partial charge in [0.05, 0.1) is 6.42 Å². The van der Waals surface area contributed by atoms with Gasteiger partial charge in [0.25, 0.3) is 0 Å². The maximum atomic E-state index is 11.1. The zero-order valence-corrected chi connectivity index (χ0v) is 10.8. The molecule has 0 amide bonds. The van der Waals surface area contributed by atoms with Crippen molar-refractivity contribution in [1.29, 1.82) is 0 Å². The van der Waals surface area contributed by atoms with Crippen molar-refractivity contribution >= 4 is 5.97 Å². The number of carboxylic acids is 1. The molecule has 2 nitrogen and oxygen atoms in total. The zero-order chi connectivity index (χ0) is 12.3. The standard InChI is InChI=1S/C15H24O2/c1-2-3-9-15(11-14(16)17)10-12-7-5-4-6-8-13(12)15/h2-3,12-13H,4-11H2,1H3,(H,16,17)/b3-2+/t12-,13-,15+/m0/s1. The van der Waals surface area contributed by atoms with Crippen molar-refractivity contribution in [1.82, 2.24) is 0 Å². The van der Waals surface area contributed by atoms with Crippen molar-refractivity contribution in [2.75, 3.05) is 0 Å². The summed E-state index contributed by atoms with van der Waals surface area (Å²) in [4.78, 5) is 11.1. The second-order valence-corrected chi connectivity index (χ2v) is 5.91. The molecular weight excluding hydrogens is 212 g/mol. The molecule has 2 saturated carbocycles. The lowest BCUT2D eigenvalue weighted by Gasteiger charge is -2.55. The van der Waals surface area contributed by atoms with Crippen LogP contribution in [0.1, 0.15) is 58.3 Å². The van der Waals surface area contributed by atoms with E-state index in [-0.39, 0.29) is 5.41 Å². The Kier molecular flexibility index (Phi) is 3.90. The zero-order valence-electron chi connectivity index (χ0n) is 10.8. The van der Waals surface area contributed by atoms with Gasteiger partial charge < -0.3 is 5.11 Å². The van der Waals surface area contributed by atoms with Gasteiger partial charge >= 0.3 is 5.97 Å². The summed E-state index contributed by atoms with van der Waals surface area (Å²) < 4.78 is 0. The molecule has 2 heteroatoms. The number of carbonyl (C=O) groups is 1. The van der Waals surface area contributed by atoms with E-state index in [1.54, 1.807) is 0 Å². The smallest absolute Gasteiger partial charge is 0.303 e. The first-order valence-electron chi connectivity index (χ1n) is 7.01. The Morgan fingerprint density at radius 3 is 2.82 bits per heavy atom. The normalized spacial score (nSPS) is 37.2. The fraction of sp³-hybridized carbons (Fsp3) is 0.800. The Balaban J connectivity index is 2.08. The first-order chi connectivity index (χ1) is 8.18. The van der Waals surface area contributed by atoms with Gasteiger partial charge in [0.2, 0.25) is 0 Å². The molecule has 0 heterocycles. The van der Waals surface area contributed by atoms with Crippen LogP contribution < -0.4 is 0 Å². The van der Waals surface area contributed by atoms with Crippen molar-refractivity contribution < 1.29 is 9.90 Å². The van der Waals surface area contributed by atoms with Crippen LogP contribution >= 0.6 is 0 Å². The minimum atomic E-state index is -0.614. The lowest BCUT2D eigenvalue weighted by atomic mass is 9.49. The molecule has 0 bridgehead atoms. The van der Waals surface area contributed by atoms with Crippen LogP contribution in [0.3, 0.4) is 0 Å². The van der Waals surface area contributed by atoms with E-state index in [9.17, 15) is 4.79 Å². The average Bonchev–Trinajstić information content (AvgIpc) is 2.46. The molecule has 2 rings (SSSR count). The SMILES string of the molecule is C/C=C/C[C@]1(CC(=O)O)C[C@@H]2CCCCC[C@@H]21. The Labute approximate surface area is 104 Å². The second kappa shape index (κ2) is 5.24. The van der Waals surface area contributed by atoms with E-state index < -0.39 is 5.97 Å². The third-order valence-electron chi connectivity index (χ3n) is 4.88. The fourth-order valence-corrected chi connectivity index (χ4v) is 4.11. The Hall–Kier alpha value is -0.790. The van der Waals surface area contributed by atoms with Gasteiger partial charge in [0.1, 0.15) is 0 Å². The predicted molar refractivity (Wildman–Crippen MR) is 68.8 cm³/mol. The maximum absolute atomic E-state index is 11.1. The van der Waals surface area contributed by atoms with Gasteiger partial charge in [-0.15, -0.1) is 0 Å². The fourth-order valence-electron chi connectivity index (χ4n) is 4.11. The molecule has 1 N–H and O–H groups in total. The number of allylic oxidation sites excluding steroid dienone is 2. The van der Waals surface area contributed by atoms with Crippen molar-refractivity contribution in [3.63, 3.8) is 0 Å². The molecule has 3 atom stereocenters. The minimum Gasteiger partial charge on any atom is -0.481 e. The highest BCUT2D eigenvalue weighted by Gasteiger charge is 2.53. The number of fused-ring (bicyclic) bond motifs is 1. The maximum Gasteiger partial charge on any atom is 0.303 e. The lowest BCUT2D eigenvalue weighted by molar-refractivity contribution is -0.147. The Morgan fingerprint density at radius 2 is 2.12 bits per heavy atom. The molecule has 0 aromatic heterocycles. The molecule has 0 aromatic carbocycles. The van der Waals surface area contributed by atoms with Crippen molar-refractivity contribution in [3.05, 3.63) is 12.2 Å². The molecule has 0 radical (unpaired) electrons. The van der Waals surface area contributed by atoms with Gasteiger partial charge in [-0.25, -0.2) is 0 Å². The summed E-state index contributed by atoms with van der Waals surface area (Å²) in [5.74, 6) is 0.886. The summed E-state index contributed by atoms with van der Waals surface area (Å²) in [6.45, 7) is 2.03. The molecule has 2 fully saturated rings. The highest BCUT2D eigenvalue weighted by molar-refractivity contribution is 5.68. The van der Waals surface area contributed by atoms with Crippen LogP contribution in [0.5, 0.6) is 0 Å².